The molecule has 5 aliphatic rings. The second kappa shape index (κ2) is 23.5. The third-order valence-electron chi connectivity index (χ3n) is 11.9. The molecule has 0 unspecified atom stereocenters. The number of amides is 1. The van der Waals surface area contributed by atoms with E-state index in [2.05, 4.69) is 5.32 Å². The van der Waals surface area contributed by atoms with E-state index in [1.165, 1.54) is 0 Å². The molecular weight excluding hydrogens is 898 g/mol. The maximum atomic E-state index is 12.5. The monoisotopic (exact) mass is 959 g/mol. The Balaban J connectivity index is 1.34. The fourth-order valence-electron chi connectivity index (χ4n) is 8.20. The molecule has 66 heavy (non-hydrogen) atoms. The minimum atomic E-state index is -2.09. The first-order chi connectivity index (χ1) is 31.4. The van der Waals surface area contributed by atoms with Crippen LogP contribution in [0.3, 0.4) is 0 Å². The van der Waals surface area contributed by atoms with Gasteiger partial charge in [-0.1, -0.05) is 30.3 Å². The van der Waals surface area contributed by atoms with Crippen LogP contribution in [0.15, 0.2) is 30.3 Å². The van der Waals surface area contributed by atoms with E-state index in [1.54, 1.807) is 30.3 Å². The highest BCUT2D eigenvalue weighted by Gasteiger charge is 2.57. The van der Waals surface area contributed by atoms with E-state index in [0.717, 1.165) is 6.92 Å². The normalized spacial score (nSPS) is 45.9. The van der Waals surface area contributed by atoms with Crippen molar-refractivity contribution in [2.45, 2.75) is 167 Å². The summed E-state index contributed by atoms with van der Waals surface area (Å²) in [6.45, 7) is -3.48. The molecule has 27 heteroatoms. The van der Waals surface area contributed by atoms with Crippen LogP contribution in [0.5, 0.6) is 0 Å². The van der Waals surface area contributed by atoms with Crippen LogP contribution < -0.4 is 5.32 Å². The second-order valence-corrected chi connectivity index (χ2v) is 16.5. The summed E-state index contributed by atoms with van der Waals surface area (Å²) in [7, 11) is 0. The van der Waals surface area contributed by atoms with Crippen molar-refractivity contribution >= 4 is 5.91 Å². The maximum absolute atomic E-state index is 12.5. The zero-order valence-electron chi connectivity index (χ0n) is 35.3. The summed E-state index contributed by atoms with van der Waals surface area (Å²) < 4.78 is 58.8. The van der Waals surface area contributed by atoms with E-state index >= 15 is 0 Å². The third-order valence-corrected chi connectivity index (χ3v) is 11.9. The van der Waals surface area contributed by atoms with Gasteiger partial charge < -0.3 is 129 Å². The number of ether oxygens (including phenoxy) is 10. The summed E-state index contributed by atoms with van der Waals surface area (Å²) >= 11 is 0. The van der Waals surface area contributed by atoms with Gasteiger partial charge >= 0.3 is 0 Å². The molecule has 1 aromatic rings. The Labute approximate surface area is 375 Å². The van der Waals surface area contributed by atoms with Gasteiger partial charge in [-0.3, -0.25) is 4.79 Å². The van der Waals surface area contributed by atoms with Crippen molar-refractivity contribution in [2.75, 3.05) is 33.0 Å². The number of hydrogen-bond acceptors (Lipinski definition) is 26. The van der Waals surface area contributed by atoms with Crippen LogP contribution in [0.4, 0.5) is 0 Å². The summed E-state index contributed by atoms with van der Waals surface area (Å²) in [4.78, 5) is 12.5. The van der Waals surface area contributed by atoms with E-state index in [0.29, 0.717) is 5.56 Å². The van der Waals surface area contributed by atoms with Crippen molar-refractivity contribution in [2.24, 2.45) is 0 Å². The van der Waals surface area contributed by atoms with Gasteiger partial charge in [0.2, 0.25) is 5.91 Å². The Morgan fingerprint density at radius 1 is 0.545 bits per heavy atom. The zero-order chi connectivity index (χ0) is 48.1. The molecule has 0 aromatic heterocycles. The standard InChI is InChI=1S/C39H61NO26/c1-13(45)40-20-24(50)32(64-38-30(56)27(53)31(63-38)15(46)7-41)19(62-35(20)57-11-14-5-3-2-4-6-14)12-58-39-34(66-37-29(55)26(52)22(48)17(9-43)60-37)33(23(49)18(10-44)61-39)65-36-28(54)25(51)21(47)16(8-42)59-36/h2-6,15-39,41-44,46-56H,7-12H2,1H3,(H,40,45)/t15-,16+,17-,18-,19+,20-,21-,22+,23+,24+,25-,26+,27-,28+,29-,30-,31+,32+,33+,34-,35-,36-,37+,38+,39-/m1/s1. The summed E-state index contributed by atoms with van der Waals surface area (Å²) in [6.07, 6.45) is -43.9. The highest BCUT2D eigenvalue weighted by molar-refractivity contribution is 5.73. The third kappa shape index (κ3) is 11.6. The molecule has 27 nitrogen and oxygen atoms in total. The Kier molecular flexibility index (Phi) is 18.9. The first-order valence-corrected chi connectivity index (χ1v) is 21.1. The van der Waals surface area contributed by atoms with Gasteiger partial charge in [0.25, 0.3) is 0 Å². The number of carbonyl (C=O) groups excluding carboxylic acids is 1. The van der Waals surface area contributed by atoms with Crippen LogP contribution in [-0.2, 0) is 58.8 Å². The van der Waals surface area contributed by atoms with Gasteiger partial charge in [0.15, 0.2) is 31.5 Å². The lowest BCUT2D eigenvalue weighted by molar-refractivity contribution is -0.395. The predicted molar refractivity (Wildman–Crippen MR) is 207 cm³/mol. The van der Waals surface area contributed by atoms with Crippen molar-refractivity contribution in [3.8, 4) is 0 Å². The first-order valence-electron chi connectivity index (χ1n) is 21.1. The van der Waals surface area contributed by atoms with Gasteiger partial charge in [-0.15, -0.1) is 0 Å². The Morgan fingerprint density at radius 3 is 1.58 bits per heavy atom. The van der Waals surface area contributed by atoms with E-state index in [4.69, 9.17) is 47.4 Å². The van der Waals surface area contributed by atoms with E-state index < -0.39 is 192 Å². The van der Waals surface area contributed by atoms with E-state index in [-0.39, 0.29) is 6.61 Å². The average molecular weight is 960 g/mol. The zero-order valence-corrected chi connectivity index (χ0v) is 35.3. The smallest absolute Gasteiger partial charge is 0.217 e. The number of carbonyl (C=O) groups is 1. The lowest BCUT2D eigenvalue weighted by Gasteiger charge is -2.49. The van der Waals surface area contributed by atoms with Crippen LogP contribution in [0.1, 0.15) is 12.5 Å². The van der Waals surface area contributed by atoms with Gasteiger partial charge in [-0.05, 0) is 5.56 Å². The largest absolute Gasteiger partial charge is 0.394 e. The van der Waals surface area contributed by atoms with Crippen molar-refractivity contribution < 1.29 is 129 Å². The fourth-order valence-corrected chi connectivity index (χ4v) is 8.20. The Bertz CT molecular complexity index is 1640. The first kappa shape index (κ1) is 53.0. The van der Waals surface area contributed by atoms with Crippen molar-refractivity contribution in [3.05, 3.63) is 35.9 Å². The highest BCUT2D eigenvalue weighted by Crippen LogP contribution is 2.36. The molecule has 0 spiro atoms. The lowest BCUT2D eigenvalue weighted by Crippen LogP contribution is -2.68. The molecule has 0 radical (unpaired) electrons. The average Bonchev–Trinajstić information content (AvgIpc) is 3.59. The van der Waals surface area contributed by atoms with E-state index in [9.17, 15) is 81.4 Å². The topological polar surface area (TPSA) is 425 Å². The Morgan fingerprint density at radius 2 is 1.03 bits per heavy atom. The van der Waals surface area contributed by atoms with Crippen LogP contribution in [0.2, 0.25) is 0 Å². The molecule has 5 fully saturated rings. The summed E-state index contributed by atoms with van der Waals surface area (Å²) in [6, 6.07) is 7.20. The van der Waals surface area contributed by atoms with Crippen molar-refractivity contribution in [1.29, 1.82) is 0 Å². The predicted octanol–water partition coefficient (Wildman–Crippen LogP) is -9.56. The second-order valence-electron chi connectivity index (χ2n) is 16.5. The molecule has 5 aliphatic heterocycles. The van der Waals surface area contributed by atoms with Crippen LogP contribution in [0.25, 0.3) is 0 Å². The lowest BCUT2D eigenvalue weighted by atomic mass is 9.95. The highest BCUT2D eigenvalue weighted by atomic mass is 16.8. The molecule has 25 atom stereocenters. The molecule has 16 N–H and O–H groups in total. The minimum absolute atomic E-state index is 0.140. The number of aliphatic hydroxyl groups excluding tert-OH is 15. The van der Waals surface area contributed by atoms with Gasteiger partial charge in [-0.2, -0.15) is 0 Å². The SMILES string of the molecule is CC(=O)N[C@H]1[C@H](OCc2ccccc2)O[C@@H](CO[C@@H]2O[C@H](CO)[C@H](O)[C@H](O[C@H]3O[C@@H](CO)[C@@H](O)[C@@H](O)[C@@H]3O)[C@H]2O[C@@H]2O[C@H](CO)[C@H](O)[C@H](O)[C@H]2O)[C@H](O[C@@H]2O[C@@H]([C@H](O)CO)[C@H](O)[C@H]2O)[C@H]1O. The molecule has 0 saturated carbocycles. The minimum Gasteiger partial charge on any atom is -0.394 e. The molecule has 0 bridgehead atoms. The fraction of sp³-hybridized carbons (Fsp3) is 0.821. The van der Waals surface area contributed by atoms with Gasteiger partial charge in [-0.25, -0.2) is 0 Å². The molecule has 6 rings (SSSR count). The van der Waals surface area contributed by atoms with Crippen LogP contribution in [0, 0.1) is 0 Å². The summed E-state index contributed by atoms with van der Waals surface area (Å²) in [5.41, 5.74) is 0.635. The van der Waals surface area contributed by atoms with Gasteiger partial charge in [0, 0.05) is 6.92 Å². The number of hydrogen-bond donors (Lipinski definition) is 16. The quantitative estimate of drug-likeness (QED) is 0.0649. The van der Waals surface area contributed by atoms with Gasteiger partial charge in [0.1, 0.15) is 122 Å². The summed E-state index contributed by atoms with van der Waals surface area (Å²) in [5, 5.41) is 161. The van der Waals surface area contributed by atoms with Crippen LogP contribution >= 0.6 is 0 Å². The van der Waals surface area contributed by atoms with E-state index in [1.807, 2.05) is 0 Å². The van der Waals surface area contributed by atoms with Crippen molar-refractivity contribution in [3.63, 3.8) is 0 Å². The van der Waals surface area contributed by atoms with Crippen molar-refractivity contribution in [1.82, 2.24) is 5.32 Å². The molecule has 1 amide bonds. The maximum Gasteiger partial charge on any atom is 0.217 e. The molecular formula is C39H61NO26. The number of aliphatic hydroxyl groups is 15. The summed E-state index contributed by atoms with van der Waals surface area (Å²) in [5.74, 6) is -0.661. The molecule has 378 valence electrons. The van der Waals surface area contributed by atoms with Crippen LogP contribution in [-0.4, -0.2) is 269 Å². The van der Waals surface area contributed by atoms with Gasteiger partial charge in [0.05, 0.1) is 39.6 Å². The number of benzene rings is 1. The molecule has 5 saturated heterocycles. The molecule has 0 aliphatic carbocycles. The molecule has 5 heterocycles. The molecule has 1 aromatic carbocycles. The number of rotatable bonds is 18. The Hall–Kier alpha value is -2.31. The number of nitrogens with one attached hydrogen (secondary N) is 1.